The lowest BCUT2D eigenvalue weighted by Gasteiger charge is -2.09. The molecule has 0 saturated heterocycles. The van der Waals surface area contributed by atoms with Crippen LogP contribution in [0.5, 0.6) is 5.75 Å². The molecule has 4 heteroatoms. The Labute approximate surface area is 114 Å². The lowest BCUT2D eigenvalue weighted by Crippen LogP contribution is -2.14. The summed E-state index contributed by atoms with van der Waals surface area (Å²) in [5.74, 6) is 0.626. The molecule has 1 aliphatic rings. The van der Waals surface area contributed by atoms with Crippen molar-refractivity contribution in [2.75, 3.05) is 19.9 Å². The van der Waals surface area contributed by atoms with Crippen molar-refractivity contribution in [3.05, 3.63) is 29.6 Å². The lowest BCUT2D eigenvalue weighted by molar-refractivity contribution is 0.00791. The third-order valence-corrected chi connectivity index (χ3v) is 3.10. The summed E-state index contributed by atoms with van der Waals surface area (Å²) in [6, 6.07) is 5.06. The molecule has 1 saturated carbocycles. The van der Waals surface area contributed by atoms with E-state index in [0.29, 0.717) is 12.5 Å². The number of nitrogens with one attached hydrogen (secondary N) is 1. The summed E-state index contributed by atoms with van der Waals surface area (Å²) in [6.07, 6.45) is 3.56. The first-order valence-electron chi connectivity index (χ1n) is 6.99. The van der Waals surface area contributed by atoms with Crippen LogP contribution in [0.1, 0.15) is 31.7 Å². The van der Waals surface area contributed by atoms with E-state index in [-0.39, 0.29) is 18.4 Å². The van der Waals surface area contributed by atoms with E-state index in [2.05, 4.69) is 12.2 Å². The maximum atomic E-state index is 13.7. The third-order valence-electron chi connectivity index (χ3n) is 3.10. The number of ether oxygens (including phenoxy) is 2. The van der Waals surface area contributed by atoms with E-state index in [1.165, 1.54) is 18.9 Å². The summed E-state index contributed by atoms with van der Waals surface area (Å²) < 4.78 is 24.4. The molecule has 1 aromatic rings. The van der Waals surface area contributed by atoms with Gasteiger partial charge in [0.2, 0.25) is 0 Å². The monoisotopic (exact) mass is 267 g/mol. The second-order valence-corrected chi connectivity index (χ2v) is 5.02. The molecule has 0 atom stereocenters. The molecule has 1 aromatic carbocycles. The van der Waals surface area contributed by atoms with Crippen molar-refractivity contribution < 1.29 is 13.9 Å². The molecule has 0 amide bonds. The van der Waals surface area contributed by atoms with Crippen LogP contribution in [0, 0.1) is 11.7 Å². The first kappa shape index (κ1) is 14.3. The minimum atomic E-state index is -0.328. The molecule has 3 nitrogen and oxygen atoms in total. The Balaban J connectivity index is 1.73. The van der Waals surface area contributed by atoms with Crippen molar-refractivity contribution >= 4 is 0 Å². The molecule has 2 rings (SSSR count). The molecule has 0 spiro atoms. The SMILES string of the molecule is CCCNCc1ccc(OCOCC2CC2)c(F)c1. The minimum Gasteiger partial charge on any atom is -0.464 e. The fraction of sp³-hybridized carbons (Fsp3) is 0.600. The Kier molecular flexibility index (Phi) is 5.61. The largest absolute Gasteiger partial charge is 0.464 e. The number of hydrogen-bond donors (Lipinski definition) is 1. The molecule has 1 aliphatic carbocycles. The Morgan fingerprint density at radius 1 is 1.37 bits per heavy atom. The molecular formula is C15H22FNO2. The predicted molar refractivity (Wildman–Crippen MR) is 72.6 cm³/mol. The van der Waals surface area contributed by atoms with E-state index >= 15 is 0 Å². The van der Waals surface area contributed by atoms with E-state index in [1.54, 1.807) is 6.07 Å². The van der Waals surface area contributed by atoms with Crippen molar-refractivity contribution in [3.8, 4) is 5.75 Å². The molecule has 19 heavy (non-hydrogen) atoms. The van der Waals surface area contributed by atoms with Crippen LogP contribution in [0.15, 0.2) is 18.2 Å². The van der Waals surface area contributed by atoms with Gasteiger partial charge in [-0.1, -0.05) is 13.0 Å². The van der Waals surface area contributed by atoms with Crippen LogP contribution in [0.3, 0.4) is 0 Å². The van der Waals surface area contributed by atoms with Crippen molar-refractivity contribution in [1.29, 1.82) is 0 Å². The number of halogens is 1. The molecular weight excluding hydrogens is 245 g/mol. The molecule has 0 heterocycles. The summed E-state index contributed by atoms with van der Waals surface area (Å²) in [5.41, 5.74) is 0.928. The highest BCUT2D eigenvalue weighted by molar-refractivity contribution is 5.29. The van der Waals surface area contributed by atoms with Gasteiger partial charge in [0.05, 0.1) is 6.61 Å². The average molecular weight is 267 g/mol. The van der Waals surface area contributed by atoms with E-state index in [9.17, 15) is 4.39 Å². The van der Waals surface area contributed by atoms with Gasteiger partial charge in [-0.2, -0.15) is 0 Å². The first-order valence-corrected chi connectivity index (χ1v) is 6.99. The standard InChI is InChI=1S/C15H22FNO2/c1-2-7-17-9-13-5-6-15(14(16)8-13)19-11-18-10-12-3-4-12/h5-6,8,12,17H,2-4,7,9-11H2,1H3. The van der Waals surface area contributed by atoms with Gasteiger partial charge in [-0.15, -0.1) is 0 Å². The van der Waals surface area contributed by atoms with E-state index in [4.69, 9.17) is 9.47 Å². The van der Waals surface area contributed by atoms with Crippen LogP contribution in [-0.2, 0) is 11.3 Å². The van der Waals surface area contributed by atoms with Gasteiger partial charge in [-0.25, -0.2) is 4.39 Å². The highest BCUT2D eigenvalue weighted by atomic mass is 19.1. The van der Waals surface area contributed by atoms with Gasteiger partial charge in [0.25, 0.3) is 0 Å². The molecule has 0 aliphatic heterocycles. The van der Waals surface area contributed by atoms with Gasteiger partial charge in [0.15, 0.2) is 18.4 Å². The quantitative estimate of drug-likeness (QED) is 0.551. The summed E-state index contributed by atoms with van der Waals surface area (Å²) in [4.78, 5) is 0. The summed E-state index contributed by atoms with van der Waals surface area (Å²) in [7, 11) is 0. The normalized spacial score (nSPS) is 14.6. The van der Waals surface area contributed by atoms with Gasteiger partial charge in [-0.05, 0) is 49.4 Å². The molecule has 0 radical (unpaired) electrons. The van der Waals surface area contributed by atoms with Crippen LogP contribution in [0.2, 0.25) is 0 Å². The van der Waals surface area contributed by atoms with Crippen LogP contribution in [-0.4, -0.2) is 19.9 Å². The lowest BCUT2D eigenvalue weighted by atomic mass is 10.2. The van der Waals surface area contributed by atoms with Crippen LogP contribution in [0.4, 0.5) is 4.39 Å². The molecule has 106 valence electrons. The van der Waals surface area contributed by atoms with Gasteiger partial charge in [-0.3, -0.25) is 0 Å². The average Bonchev–Trinajstić information content (AvgIpc) is 3.21. The van der Waals surface area contributed by atoms with Crippen LogP contribution < -0.4 is 10.1 Å². The molecule has 1 N–H and O–H groups in total. The highest BCUT2D eigenvalue weighted by Gasteiger charge is 2.21. The summed E-state index contributed by atoms with van der Waals surface area (Å²) in [6.45, 7) is 4.58. The molecule has 0 bridgehead atoms. The van der Waals surface area contributed by atoms with E-state index < -0.39 is 0 Å². The highest BCUT2D eigenvalue weighted by Crippen LogP contribution is 2.28. The van der Waals surface area contributed by atoms with Crippen molar-refractivity contribution in [2.24, 2.45) is 5.92 Å². The topological polar surface area (TPSA) is 30.5 Å². The zero-order valence-electron chi connectivity index (χ0n) is 11.5. The number of benzene rings is 1. The maximum absolute atomic E-state index is 13.7. The second-order valence-electron chi connectivity index (χ2n) is 5.02. The predicted octanol–water partition coefficient (Wildman–Crippen LogP) is 3.09. The summed E-state index contributed by atoms with van der Waals surface area (Å²) in [5, 5.41) is 3.24. The minimum absolute atomic E-state index is 0.126. The molecule has 0 unspecified atom stereocenters. The number of rotatable bonds is 9. The van der Waals surface area contributed by atoms with Crippen LogP contribution in [0.25, 0.3) is 0 Å². The number of hydrogen-bond acceptors (Lipinski definition) is 3. The van der Waals surface area contributed by atoms with E-state index in [0.717, 1.165) is 25.1 Å². The molecule has 0 aromatic heterocycles. The van der Waals surface area contributed by atoms with Crippen molar-refractivity contribution in [1.82, 2.24) is 5.32 Å². The fourth-order valence-electron chi connectivity index (χ4n) is 1.79. The summed E-state index contributed by atoms with van der Waals surface area (Å²) >= 11 is 0. The zero-order valence-corrected chi connectivity index (χ0v) is 11.5. The van der Waals surface area contributed by atoms with Crippen LogP contribution >= 0.6 is 0 Å². The first-order chi connectivity index (χ1) is 9.29. The van der Waals surface area contributed by atoms with Gasteiger partial charge < -0.3 is 14.8 Å². The Hall–Kier alpha value is -1.13. The zero-order chi connectivity index (χ0) is 13.5. The Bertz CT molecular complexity index is 394. The van der Waals surface area contributed by atoms with E-state index in [1.807, 2.05) is 6.07 Å². The van der Waals surface area contributed by atoms with Crippen molar-refractivity contribution in [3.63, 3.8) is 0 Å². The van der Waals surface area contributed by atoms with Crippen molar-refractivity contribution in [2.45, 2.75) is 32.7 Å². The third kappa shape index (κ3) is 5.17. The molecule has 1 fully saturated rings. The van der Waals surface area contributed by atoms with Gasteiger partial charge in [0, 0.05) is 6.54 Å². The second kappa shape index (κ2) is 7.46. The Morgan fingerprint density at radius 2 is 2.21 bits per heavy atom. The fourth-order valence-corrected chi connectivity index (χ4v) is 1.79. The maximum Gasteiger partial charge on any atom is 0.189 e. The Morgan fingerprint density at radius 3 is 2.89 bits per heavy atom. The smallest absolute Gasteiger partial charge is 0.189 e. The van der Waals surface area contributed by atoms with Gasteiger partial charge in [0.1, 0.15) is 0 Å². The van der Waals surface area contributed by atoms with Gasteiger partial charge >= 0.3 is 0 Å².